The Labute approximate surface area is 169 Å². The fraction of sp³-hybridized carbons (Fsp3) is 0.550. The summed E-state index contributed by atoms with van der Waals surface area (Å²) in [6.07, 6.45) is 6.41. The lowest BCUT2D eigenvalue weighted by atomic mass is 10.1. The molecule has 0 radical (unpaired) electrons. The van der Waals surface area contributed by atoms with Crippen molar-refractivity contribution in [3.8, 4) is 11.4 Å². The van der Waals surface area contributed by atoms with Crippen LogP contribution in [0.4, 0.5) is 5.82 Å². The van der Waals surface area contributed by atoms with Gasteiger partial charge < -0.3 is 19.1 Å². The van der Waals surface area contributed by atoms with Crippen molar-refractivity contribution in [3.05, 3.63) is 24.2 Å². The van der Waals surface area contributed by atoms with Gasteiger partial charge in [-0.25, -0.2) is 9.78 Å². The molecule has 9 heteroatoms. The van der Waals surface area contributed by atoms with Crippen LogP contribution in [0.25, 0.3) is 11.4 Å². The number of esters is 1. The zero-order valence-corrected chi connectivity index (χ0v) is 16.5. The quantitative estimate of drug-likeness (QED) is 0.568. The SMILES string of the molecule is CCOC(=O)C(=O)N1CCN(c2ccc(-c3noc(C4CCCC4)n3)cn2)CC1. The minimum Gasteiger partial charge on any atom is -0.459 e. The van der Waals surface area contributed by atoms with Crippen LogP contribution < -0.4 is 4.90 Å². The number of pyridine rings is 1. The van der Waals surface area contributed by atoms with Crippen molar-refractivity contribution < 1.29 is 18.8 Å². The third-order valence-electron chi connectivity index (χ3n) is 5.49. The molecule has 4 rings (SSSR count). The number of hydrogen-bond donors (Lipinski definition) is 0. The summed E-state index contributed by atoms with van der Waals surface area (Å²) >= 11 is 0. The van der Waals surface area contributed by atoms with Crippen LogP contribution in [0.1, 0.15) is 44.4 Å². The van der Waals surface area contributed by atoms with Gasteiger partial charge in [-0.05, 0) is 31.9 Å². The van der Waals surface area contributed by atoms with E-state index in [1.165, 1.54) is 17.7 Å². The maximum absolute atomic E-state index is 12.0. The topological polar surface area (TPSA) is 102 Å². The highest BCUT2D eigenvalue weighted by molar-refractivity contribution is 6.32. The first-order valence-corrected chi connectivity index (χ1v) is 10.2. The predicted molar refractivity (Wildman–Crippen MR) is 104 cm³/mol. The van der Waals surface area contributed by atoms with E-state index >= 15 is 0 Å². The minimum absolute atomic E-state index is 0.198. The number of ether oxygens (including phenoxy) is 1. The summed E-state index contributed by atoms with van der Waals surface area (Å²) in [6, 6.07) is 3.85. The number of carbonyl (C=O) groups excluding carboxylic acids is 2. The van der Waals surface area contributed by atoms with Crippen LogP contribution in [0.5, 0.6) is 0 Å². The fourth-order valence-corrected chi connectivity index (χ4v) is 3.86. The molecule has 0 aromatic carbocycles. The lowest BCUT2D eigenvalue weighted by Gasteiger charge is -2.34. The smallest absolute Gasteiger partial charge is 0.397 e. The van der Waals surface area contributed by atoms with Crippen LogP contribution in [-0.2, 0) is 14.3 Å². The summed E-state index contributed by atoms with van der Waals surface area (Å²) in [5.41, 5.74) is 0.817. The van der Waals surface area contributed by atoms with E-state index in [0.717, 1.165) is 30.1 Å². The zero-order valence-electron chi connectivity index (χ0n) is 16.5. The number of aromatic nitrogens is 3. The molecular weight excluding hydrogens is 374 g/mol. The molecule has 2 aromatic rings. The molecule has 2 aliphatic rings. The van der Waals surface area contributed by atoms with Gasteiger partial charge in [0.15, 0.2) is 0 Å². The lowest BCUT2D eigenvalue weighted by Crippen LogP contribution is -2.51. The molecule has 0 bridgehead atoms. The molecule has 1 saturated carbocycles. The largest absolute Gasteiger partial charge is 0.459 e. The summed E-state index contributed by atoms with van der Waals surface area (Å²) in [4.78, 5) is 36.3. The Morgan fingerprint density at radius 2 is 1.93 bits per heavy atom. The molecule has 0 unspecified atom stereocenters. The fourth-order valence-electron chi connectivity index (χ4n) is 3.86. The van der Waals surface area contributed by atoms with Gasteiger partial charge in [0.05, 0.1) is 6.61 Å². The van der Waals surface area contributed by atoms with E-state index in [1.54, 1.807) is 13.1 Å². The number of rotatable bonds is 4. The number of hydrogen-bond acceptors (Lipinski definition) is 8. The molecular formula is C20H25N5O4. The number of amides is 1. The van der Waals surface area contributed by atoms with Gasteiger partial charge in [-0.1, -0.05) is 18.0 Å². The standard InChI is InChI=1S/C20H25N5O4/c1-2-28-20(27)19(26)25-11-9-24(10-12-25)16-8-7-15(13-21-16)17-22-18(29-23-17)14-5-3-4-6-14/h7-8,13-14H,2-6,9-12H2,1H3. The molecule has 2 aromatic heterocycles. The van der Waals surface area contributed by atoms with Crippen LogP contribution in [0.15, 0.2) is 22.9 Å². The van der Waals surface area contributed by atoms with Gasteiger partial charge in [0, 0.05) is 43.9 Å². The highest BCUT2D eigenvalue weighted by Crippen LogP contribution is 2.33. The van der Waals surface area contributed by atoms with E-state index in [9.17, 15) is 9.59 Å². The van der Waals surface area contributed by atoms with Gasteiger partial charge in [-0.2, -0.15) is 4.98 Å². The summed E-state index contributed by atoms with van der Waals surface area (Å²) in [5, 5.41) is 4.11. The zero-order chi connectivity index (χ0) is 20.2. The Bertz CT molecular complexity index is 852. The van der Waals surface area contributed by atoms with Crippen molar-refractivity contribution in [2.75, 3.05) is 37.7 Å². The molecule has 0 N–H and O–H groups in total. The monoisotopic (exact) mass is 399 g/mol. The summed E-state index contributed by atoms with van der Waals surface area (Å²) < 4.78 is 10.2. The van der Waals surface area contributed by atoms with Gasteiger partial charge in [-0.15, -0.1) is 0 Å². The number of carbonyl (C=O) groups is 2. The molecule has 154 valence electrons. The predicted octanol–water partition coefficient (Wildman–Crippen LogP) is 2.00. The highest BCUT2D eigenvalue weighted by atomic mass is 16.5. The maximum Gasteiger partial charge on any atom is 0.397 e. The molecule has 1 saturated heterocycles. The van der Waals surface area contributed by atoms with Crippen molar-refractivity contribution >= 4 is 17.7 Å². The molecule has 1 aliphatic heterocycles. The van der Waals surface area contributed by atoms with Crippen LogP contribution >= 0.6 is 0 Å². The van der Waals surface area contributed by atoms with Gasteiger partial charge in [0.25, 0.3) is 0 Å². The van der Waals surface area contributed by atoms with E-state index in [2.05, 4.69) is 20.0 Å². The Morgan fingerprint density at radius 3 is 2.59 bits per heavy atom. The van der Waals surface area contributed by atoms with Gasteiger partial charge >= 0.3 is 11.9 Å². The molecule has 0 atom stereocenters. The second-order valence-electron chi connectivity index (χ2n) is 7.34. The average molecular weight is 399 g/mol. The Kier molecular flexibility index (Phi) is 5.73. The van der Waals surface area contributed by atoms with E-state index in [0.29, 0.717) is 37.9 Å². The van der Waals surface area contributed by atoms with Crippen molar-refractivity contribution in [1.29, 1.82) is 0 Å². The maximum atomic E-state index is 12.0. The molecule has 1 amide bonds. The van der Waals surface area contributed by atoms with Crippen molar-refractivity contribution in [3.63, 3.8) is 0 Å². The normalized spacial score (nSPS) is 17.6. The summed E-state index contributed by atoms with van der Waals surface area (Å²) in [5.74, 6) is 1.12. The van der Waals surface area contributed by atoms with Crippen LogP contribution in [-0.4, -0.2) is 64.7 Å². The molecule has 29 heavy (non-hydrogen) atoms. The number of anilines is 1. The van der Waals surface area contributed by atoms with Crippen molar-refractivity contribution in [2.24, 2.45) is 0 Å². The Balaban J connectivity index is 1.35. The average Bonchev–Trinajstić information content (AvgIpc) is 3.45. The Morgan fingerprint density at radius 1 is 1.17 bits per heavy atom. The first kappa shape index (κ1) is 19.4. The molecule has 9 nitrogen and oxygen atoms in total. The number of nitrogens with zero attached hydrogens (tertiary/aromatic N) is 5. The van der Waals surface area contributed by atoms with E-state index in [-0.39, 0.29) is 6.61 Å². The van der Waals surface area contributed by atoms with Gasteiger partial charge in [0.1, 0.15) is 5.82 Å². The van der Waals surface area contributed by atoms with Crippen molar-refractivity contribution in [1.82, 2.24) is 20.0 Å². The molecule has 1 aliphatic carbocycles. The van der Waals surface area contributed by atoms with E-state index < -0.39 is 11.9 Å². The van der Waals surface area contributed by atoms with Crippen LogP contribution in [0.3, 0.4) is 0 Å². The lowest BCUT2D eigenvalue weighted by molar-refractivity contribution is -0.160. The highest BCUT2D eigenvalue weighted by Gasteiger charge is 2.27. The van der Waals surface area contributed by atoms with Crippen LogP contribution in [0.2, 0.25) is 0 Å². The second-order valence-corrected chi connectivity index (χ2v) is 7.34. The van der Waals surface area contributed by atoms with Gasteiger partial charge in [0.2, 0.25) is 11.7 Å². The first-order valence-electron chi connectivity index (χ1n) is 10.2. The summed E-state index contributed by atoms with van der Waals surface area (Å²) in [6.45, 7) is 4.00. The number of piperazine rings is 1. The molecule has 2 fully saturated rings. The summed E-state index contributed by atoms with van der Waals surface area (Å²) in [7, 11) is 0. The van der Waals surface area contributed by atoms with Gasteiger partial charge in [-0.3, -0.25) is 4.79 Å². The van der Waals surface area contributed by atoms with Crippen molar-refractivity contribution in [2.45, 2.75) is 38.5 Å². The third-order valence-corrected chi connectivity index (χ3v) is 5.49. The molecule has 3 heterocycles. The molecule has 0 spiro atoms. The minimum atomic E-state index is -0.791. The van der Waals surface area contributed by atoms with Crippen LogP contribution in [0, 0.1) is 0 Å². The third kappa shape index (κ3) is 4.23. The first-order chi connectivity index (χ1) is 14.2. The second kappa shape index (κ2) is 8.59. The Hall–Kier alpha value is -2.97. The van der Waals surface area contributed by atoms with E-state index in [4.69, 9.17) is 9.26 Å². The van der Waals surface area contributed by atoms with E-state index in [1.807, 2.05) is 12.1 Å².